The molecule has 0 radical (unpaired) electrons. The molecule has 3 heterocycles. The number of aryl methyl sites for hydroxylation is 1. The Labute approximate surface area is 155 Å². The van der Waals surface area contributed by atoms with Crippen molar-refractivity contribution in [1.82, 2.24) is 10.2 Å². The first kappa shape index (κ1) is 21.3. The zero-order valence-corrected chi connectivity index (χ0v) is 15.4. The van der Waals surface area contributed by atoms with Crippen molar-refractivity contribution >= 4 is 11.9 Å². The first-order valence-corrected chi connectivity index (χ1v) is 8.98. The highest BCUT2D eigenvalue weighted by Gasteiger charge is 2.47. The molecule has 2 fully saturated rings. The summed E-state index contributed by atoms with van der Waals surface area (Å²) in [5, 5.41) is 10.4. The molecule has 2 aliphatic rings. The summed E-state index contributed by atoms with van der Waals surface area (Å²) in [6, 6.07) is 4.51. The van der Waals surface area contributed by atoms with E-state index in [0.717, 1.165) is 50.3 Å². The Kier molecular flexibility index (Phi) is 6.56. The number of carbonyl (C=O) groups is 2. The standard InChI is InChI=1S/C16H24N2O2.C2HF3O2/c1-3-14-16(9-7-15(19)17-16)8-4-10-18(14)11-13-6-5-12(2)20-13;3-2(4,5)1(6)7/h5-6,14H,3-4,7-11H2,1-2H3,(H,17,19);(H,6,7)/t14-,16-;/m0./s1. The first-order valence-electron chi connectivity index (χ1n) is 8.98. The number of piperidine rings is 1. The van der Waals surface area contributed by atoms with Crippen molar-refractivity contribution in [2.75, 3.05) is 6.54 Å². The number of hydrogen-bond acceptors (Lipinski definition) is 4. The smallest absolute Gasteiger partial charge is 0.475 e. The summed E-state index contributed by atoms with van der Waals surface area (Å²) in [5.74, 6) is -0.539. The number of alkyl halides is 3. The number of aliphatic carboxylic acids is 1. The molecule has 2 saturated heterocycles. The van der Waals surface area contributed by atoms with Gasteiger partial charge in [0.15, 0.2) is 0 Å². The second-order valence-electron chi connectivity index (χ2n) is 7.02. The number of carboxylic acid groups (broad SMARTS) is 1. The van der Waals surface area contributed by atoms with Gasteiger partial charge in [-0.3, -0.25) is 9.69 Å². The number of rotatable bonds is 3. The number of nitrogens with zero attached hydrogens (tertiary/aromatic N) is 1. The molecule has 0 bridgehead atoms. The molecule has 0 unspecified atom stereocenters. The molecule has 2 atom stereocenters. The predicted octanol–water partition coefficient (Wildman–Crippen LogP) is 3.24. The van der Waals surface area contributed by atoms with Crippen LogP contribution in [0, 0.1) is 6.92 Å². The molecule has 6 nitrogen and oxygen atoms in total. The van der Waals surface area contributed by atoms with Crippen LogP contribution in [0.1, 0.15) is 50.5 Å². The van der Waals surface area contributed by atoms with Crippen molar-refractivity contribution in [3.05, 3.63) is 23.7 Å². The van der Waals surface area contributed by atoms with Crippen molar-refractivity contribution in [3.63, 3.8) is 0 Å². The molecule has 1 amide bonds. The van der Waals surface area contributed by atoms with E-state index in [1.807, 2.05) is 13.0 Å². The van der Waals surface area contributed by atoms with Crippen LogP contribution in [-0.4, -0.2) is 46.2 Å². The van der Waals surface area contributed by atoms with Crippen LogP contribution in [0.25, 0.3) is 0 Å². The minimum Gasteiger partial charge on any atom is -0.475 e. The average molecular weight is 390 g/mol. The molecule has 1 aromatic rings. The van der Waals surface area contributed by atoms with Gasteiger partial charge in [0.2, 0.25) is 5.91 Å². The van der Waals surface area contributed by atoms with Crippen molar-refractivity contribution in [1.29, 1.82) is 0 Å². The number of hydrogen-bond donors (Lipinski definition) is 2. The molecule has 1 aromatic heterocycles. The van der Waals surface area contributed by atoms with Crippen LogP contribution in [-0.2, 0) is 16.1 Å². The number of carbonyl (C=O) groups excluding carboxylic acids is 1. The monoisotopic (exact) mass is 390 g/mol. The van der Waals surface area contributed by atoms with Crippen LogP contribution in [0.2, 0.25) is 0 Å². The van der Waals surface area contributed by atoms with Gasteiger partial charge in [-0.15, -0.1) is 0 Å². The lowest BCUT2D eigenvalue weighted by molar-refractivity contribution is -0.192. The Morgan fingerprint density at radius 3 is 2.52 bits per heavy atom. The minimum absolute atomic E-state index is 0.00568. The second-order valence-corrected chi connectivity index (χ2v) is 7.02. The predicted molar refractivity (Wildman–Crippen MR) is 91.0 cm³/mol. The lowest BCUT2D eigenvalue weighted by Gasteiger charge is -2.47. The fourth-order valence-electron chi connectivity index (χ4n) is 4.05. The molecule has 0 saturated carbocycles. The summed E-state index contributed by atoms with van der Waals surface area (Å²) in [5.41, 5.74) is 0.00568. The van der Waals surface area contributed by atoms with Crippen molar-refractivity contribution in [3.8, 4) is 0 Å². The van der Waals surface area contributed by atoms with Crippen LogP contribution < -0.4 is 5.32 Å². The SMILES string of the molecule is CC[C@@H]1N(Cc2ccc(C)o2)CCC[C@]12CCC(=O)N2.O=C(O)C(F)(F)F. The third-order valence-electron chi connectivity index (χ3n) is 5.12. The van der Waals surface area contributed by atoms with Crippen LogP contribution in [0.4, 0.5) is 13.2 Å². The molecular weight excluding hydrogens is 365 g/mol. The summed E-state index contributed by atoms with van der Waals surface area (Å²) in [6.07, 6.45) is -0.0798. The fraction of sp³-hybridized carbons (Fsp3) is 0.667. The molecule has 1 spiro atoms. The third kappa shape index (κ3) is 5.24. The van der Waals surface area contributed by atoms with Crippen LogP contribution in [0.3, 0.4) is 0 Å². The number of carboxylic acids is 1. The van der Waals surface area contributed by atoms with Crippen LogP contribution in [0.5, 0.6) is 0 Å². The van der Waals surface area contributed by atoms with Gasteiger partial charge in [-0.1, -0.05) is 6.92 Å². The number of halogens is 3. The zero-order valence-electron chi connectivity index (χ0n) is 15.4. The van der Waals surface area contributed by atoms with E-state index in [2.05, 4.69) is 23.2 Å². The van der Waals surface area contributed by atoms with Gasteiger partial charge >= 0.3 is 12.1 Å². The van der Waals surface area contributed by atoms with E-state index in [1.54, 1.807) is 0 Å². The maximum atomic E-state index is 11.7. The fourth-order valence-corrected chi connectivity index (χ4v) is 4.05. The van der Waals surface area contributed by atoms with E-state index in [-0.39, 0.29) is 11.4 Å². The molecule has 27 heavy (non-hydrogen) atoms. The van der Waals surface area contributed by atoms with Crippen molar-refractivity contribution in [2.24, 2.45) is 0 Å². The minimum atomic E-state index is -5.08. The number of likely N-dealkylation sites (tertiary alicyclic amines) is 1. The first-order chi connectivity index (χ1) is 12.6. The van der Waals surface area contributed by atoms with E-state index in [0.29, 0.717) is 12.5 Å². The highest BCUT2D eigenvalue weighted by atomic mass is 19.4. The molecule has 0 aliphatic carbocycles. The Balaban J connectivity index is 0.000000321. The maximum Gasteiger partial charge on any atom is 0.490 e. The third-order valence-corrected chi connectivity index (χ3v) is 5.12. The van der Waals surface area contributed by atoms with Gasteiger partial charge in [-0.2, -0.15) is 13.2 Å². The summed E-state index contributed by atoms with van der Waals surface area (Å²) in [4.78, 5) is 23.1. The van der Waals surface area contributed by atoms with Crippen molar-refractivity contribution < 1.29 is 32.3 Å². The maximum absolute atomic E-state index is 11.7. The number of furan rings is 1. The number of amides is 1. The Morgan fingerprint density at radius 2 is 2.07 bits per heavy atom. The summed E-state index contributed by atoms with van der Waals surface area (Å²) >= 11 is 0. The largest absolute Gasteiger partial charge is 0.490 e. The van der Waals surface area contributed by atoms with Gasteiger partial charge in [0.25, 0.3) is 0 Å². The molecule has 2 aliphatic heterocycles. The lowest BCUT2D eigenvalue weighted by atomic mass is 9.78. The normalized spacial score (nSPS) is 25.8. The summed E-state index contributed by atoms with van der Waals surface area (Å²) in [6.45, 7) is 6.15. The Bertz CT molecular complexity index is 674. The molecule has 2 N–H and O–H groups in total. The van der Waals surface area contributed by atoms with E-state index < -0.39 is 12.1 Å². The molecule has 0 aromatic carbocycles. The molecule has 9 heteroatoms. The van der Waals surface area contributed by atoms with Gasteiger partial charge in [-0.25, -0.2) is 4.79 Å². The lowest BCUT2D eigenvalue weighted by Crippen LogP contribution is -2.61. The zero-order chi connectivity index (χ0) is 20.2. The van der Waals surface area contributed by atoms with E-state index in [4.69, 9.17) is 14.3 Å². The highest BCUT2D eigenvalue weighted by Crippen LogP contribution is 2.37. The van der Waals surface area contributed by atoms with Gasteiger partial charge < -0.3 is 14.8 Å². The van der Waals surface area contributed by atoms with E-state index >= 15 is 0 Å². The van der Waals surface area contributed by atoms with Gasteiger partial charge in [0.05, 0.1) is 12.1 Å². The van der Waals surface area contributed by atoms with Gasteiger partial charge in [-0.05, 0) is 51.3 Å². The highest BCUT2D eigenvalue weighted by molar-refractivity contribution is 5.79. The summed E-state index contributed by atoms with van der Waals surface area (Å²) in [7, 11) is 0. The van der Waals surface area contributed by atoms with E-state index in [1.165, 1.54) is 0 Å². The van der Waals surface area contributed by atoms with Gasteiger partial charge in [0.1, 0.15) is 11.5 Å². The molecular formula is C18H25F3N2O4. The number of nitrogens with one attached hydrogen (secondary N) is 1. The van der Waals surface area contributed by atoms with Crippen LogP contribution in [0.15, 0.2) is 16.5 Å². The van der Waals surface area contributed by atoms with Crippen molar-refractivity contribution in [2.45, 2.75) is 70.3 Å². The summed E-state index contributed by atoms with van der Waals surface area (Å²) < 4.78 is 37.5. The molecule has 152 valence electrons. The van der Waals surface area contributed by atoms with Crippen LogP contribution >= 0.6 is 0 Å². The Morgan fingerprint density at radius 1 is 1.41 bits per heavy atom. The molecule has 3 rings (SSSR count). The van der Waals surface area contributed by atoms with Gasteiger partial charge in [0, 0.05) is 12.5 Å². The Hall–Kier alpha value is -2.03. The van der Waals surface area contributed by atoms with E-state index in [9.17, 15) is 18.0 Å². The average Bonchev–Trinajstić information content (AvgIpc) is 3.14. The quantitative estimate of drug-likeness (QED) is 0.828. The topological polar surface area (TPSA) is 82.8 Å². The second kappa shape index (κ2) is 8.33.